The first-order valence-electron chi connectivity index (χ1n) is 9.45. The topological polar surface area (TPSA) is 59.3 Å². The van der Waals surface area contributed by atoms with E-state index in [-0.39, 0.29) is 5.56 Å². The van der Waals surface area contributed by atoms with Crippen molar-refractivity contribution in [1.82, 2.24) is 15.2 Å². The van der Waals surface area contributed by atoms with E-state index in [1.807, 2.05) is 71.5 Å². The summed E-state index contributed by atoms with van der Waals surface area (Å²) in [7, 11) is 0. The lowest BCUT2D eigenvalue weighted by Crippen LogP contribution is -2.18. The summed E-state index contributed by atoms with van der Waals surface area (Å²) in [6.07, 6.45) is 3.39. The lowest BCUT2D eigenvalue weighted by molar-refractivity contribution is 0.0951. The molecule has 0 aliphatic carbocycles. The molecule has 0 spiro atoms. The van der Waals surface area contributed by atoms with E-state index in [1.165, 1.54) is 24.4 Å². The Labute approximate surface area is 173 Å². The number of hydrazone groups is 1. The fourth-order valence-corrected chi connectivity index (χ4v) is 3.07. The van der Waals surface area contributed by atoms with Gasteiger partial charge in [-0.2, -0.15) is 10.2 Å². The van der Waals surface area contributed by atoms with Crippen LogP contribution in [0.5, 0.6) is 0 Å². The molecule has 0 aliphatic heterocycles. The highest BCUT2D eigenvalue weighted by atomic mass is 19.1. The van der Waals surface area contributed by atoms with Gasteiger partial charge in [-0.25, -0.2) is 9.82 Å². The molecule has 1 heterocycles. The van der Waals surface area contributed by atoms with Crippen molar-refractivity contribution in [2.45, 2.75) is 6.54 Å². The van der Waals surface area contributed by atoms with E-state index in [2.05, 4.69) is 10.5 Å². The number of halogens is 1. The van der Waals surface area contributed by atoms with Gasteiger partial charge < -0.3 is 0 Å². The molecule has 1 aromatic heterocycles. The first kappa shape index (κ1) is 19.3. The van der Waals surface area contributed by atoms with Crippen LogP contribution in [0.1, 0.15) is 21.5 Å². The number of amides is 1. The minimum absolute atomic E-state index is 0.0577. The van der Waals surface area contributed by atoms with E-state index in [9.17, 15) is 9.18 Å². The minimum Gasteiger partial charge on any atom is -0.267 e. The number of carbonyl (C=O) groups is 1. The molecule has 0 fully saturated rings. The van der Waals surface area contributed by atoms with Gasteiger partial charge in [0.2, 0.25) is 0 Å². The molecule has 0 radical (unpaired) electrons. The molecule has 148 valence electrons. The van der Waals surface area contributed by atoms with Crippen LogP contribution >= 0.6 is 0 Å². The van der Waals surface area contributed by atoms with Crippen LogP contribution in [0.2, 0.25) is 0 Å². The third-order valence-electron chi connectivity index (χ3n) is 4.51. The van der Waals surface area contributed by atoms with E-state index in [0.717, 1.165) is 22.4 Å². The van der Waals surface area contributed by atoms with Crippen LogP contribution in [0.4, 0.5) is 4.39 Å². The van der Waals surface area contributed by atoms with E-state index in [4.69, 9.17) is 5.10 Å². The van der Waals surface area contributed by atoms with Crippen LogP contribution in [0.3, 0.4) is 0 Å². The fourth-order valence-electron chi connectivity index (χ4n) is 3.07. The van der Waals surface area contributed by atoms with Crippen molar-refractivity contribution in [2.75, 3.05) is 0 Å². The number of benzene rings is 3. The lowest BCUT2D eigenvalue weighted by Gasteiger charge is -2.01. The third kappa shape index (κ3) is 4.50. The zero-order valence-corrected chi connectivity index (χ0v) is 16.1. The van der Waals surface area contributed by atoms with Gasteiger partial charge in [-0.15, -0.1) is 0 Å². The normalized spacial score (nSPS) is 11.0. The lowest BCUT2D eigenvalue weighted by atomic mass is 10.1. The first-order chi connectivity index (χ1) is 14.7. The fraction of sp³-hybridized carbons (Fsp3) is 0.0417. The number of hydrogen-bond donors (Lipinski definition) is 1. The summed E-state index contributed by atoms with van der Waals surface area (Å²) in [4.78, 5) is 12.2. The number of hydrogen-bond acceptors (Lipinski definition) is 3. The Morgan fingerprint density at radius 3 is 2.37 bits per heavy atom. The van der Waals surface area contributed by atoms with Crippen LogP contribution in [-0.4, -0.2) is 21.9 Å². The van der Waals surface area contributed by atoms with Gasteiger partial charge in [0.15, 0.2) is 0 Å². The number of nitrogens with zero attached hydrogens (tertiary/aromatic N) is 3. The number of carbonyl (C=O) groups excluding carboxylic acids is 1. The minimum atomic E-state index is -0.609. The highest BCUT2D eigenvalue weighted by Gasteiger charge is 2.12. The Kier molecular flexibility index (Phi) is 5.75. The molecule has 0 saturated heterocycles. The average molecular weight is 398 g/mol. The second kappa shape index (κ2) is 8.96. The Hall–Kier alpha value is -4.06. The number of aromatic nitrogens is 2. The molecule has 30 heavy (non-hydrogen) atoms. The molecule has 4 rings (SSSR count). The average Bonchev–Trinajstić information content (AvgIpc) is 3.17. The molecule has 6 heteroatoms. The standard InChI is InChI=1S/C24H19FN4O/c25-22-14-8-7-13-21(22)24(30)27-26-15-20-17-29(16-18-9-3-1-4-10-18)28-23(20)19-11-5-2-6-12-19/h1-15,17H,16H2,(H,27,30)/b26-15-. The van der Waals surface area contributed by atoms with Gasteiger partial charge >= 0.3 is 0 Å². The molecule has 0 saturated carbocycles. The molecule has 1 N–H and O–H groups in total. The maximum Gasteiger partial charge on any atom is 0.274 e. The largest absolute Gasteiger partial charge is 0.274 e. The van der Waals surface area contributed by atoms with E-state index in [0.29, 0.717) is 6.54 Å². The zero-order chi connectivity index (χ0) is 20.8. The van der Waals surface area contributed by atoms with Crippen molar-refractivity contribution < 1.29 is 9.18 Å². The van der Waals surface area contributed by atoms with Crippen molar-refractivity contribution in [2.24, 2.45) is 5.10 Å². The maximum absolute atomic E-state index is 13.8. The summed E-state index contributed by atoms with van der Waals surface area (Å²) >= 11 is 0. The van der Waals surface area contributed by atoms with Gasteiger partial charge in [-0.05, 0) is 17.7 Å². The van der Waals surface area contributed by atoms with Gasteiger partial charge in [0.05, 0.1) is 18.3 Å². The number of nitrogens with one attached hydrogen (secondary N) is 1. The predicted molar refractivity (Wildman–Crippen MR) is 115 cm³/mol. The van der Waals surface area contributed by atoms with Crippen LogP contribution in [0.15, 0.2) is 96.2 Å². The molecular weight excluding hydrogens is 379 g/mol. The van der Waals surface area contributed by atoms with Crippen molar-refractivity contribution in [1.29, 1.82) is 0 Å². The monoisotopic (exact) mass is 398 g/mol. The molecule has 0 unspecified atom stereocenters. The molecule has 1 amide bonds. The van der Waals surface area contributed by atoms with Gasteiger partial charge in [-0.3, -0.25) is 9.48 Å². The summed E-state index contributed by atoms with van der Waals surface area (Å²) in [5.74, 6) is -1.20. The highest BCUT2D eigenvalue weighted by molar-refractivity contribution is 5.95. The molecule has 0 aliphatic rings. The van der Waals surface area contributed by atoms with Crippen LogP contribution < -0.4 is 5.43 Å². The summed E-state index contributed by atoms with van der Waals surface area (Å²) in [6, 6.07) is 25.5. The van der Waals surface area contributed by atoms with Crippen LogP contribution in [-0.2, 0) is 6.54 Å². The van der Waals surface area contributed by atoms with Crippen molar-refractivity contribution in [3.8, 4) is 11.3 Å². The molecule has 4 aromatic rings. The summed E-state index contributed by atoms with van der Waals surface area (Å²) in [5.41, 5.74) is 5.87. The van der Waals surface area contributed by atoms with Crippen LogP contribution in [0.25, 0.3) is 11.3 Å². The van der Waals surface area contributed by atoms with Gasteiger partial charge in [-0.1, -0.05) is 72.8 Å². The first-order valence-corrected chi connectivity index (χ1v) is 9.45. The predicted octanol–water partition coefficient (Wildman–Crippen LogP) is 4.50. The molecule has 3 aromatic carbocycles. The van der Waals surface area contributed by atoms with E-state index < -0.39 is 11.7 Å². The summed E-state index contributed by atoms with van der Waals surface area (Å²) in [6.45, 7) is 0.607. The second-order valence-electron chi connectivity index (χ2n) is 6.66. The molecular formula is C24H19FN4O. The maximum atomic E-state index is 13.8. The molecule has 0 atom stereocenters. The van der Waals surface area contributed by atoms with Gasteiger partial charge in [0, 0.05) is 17.3 Å². The Morgan fingerprint density at radius 2 is 1.63 bits per heavy atom. The number of rotatable bonds is 6. The van der Waals surface area contributed by atoms with Crippen LogP contribution in [0, 0.1) is 5.82 Å². The zero-order valence-electron chi connectivity index (χ0n) is 16.1. The Balaban J connectivity index is 1.58. The molecule has 0 bridgehead atoms. The SMILES string of the molecule is O=C(N/N=C\c1cn(Cc2ccccc2)nc1-c1ccccc1)c1ccccc1F. The molecule has 5 nitrogen and oxygen atoms in total. The quantitative estimate of drug-likeness (QED) is 0.384. The summed E-state index contributed by atoms with van der Waals surface area (Å²) < 4.78 is 15.6. The third-order valence-corrected chi connectivity index (χ3v) is 4.51. The van der Waals surface area contributed by atoms with Gasteiger partial charge in [0.25, 0.3) is 5.91 Å². The van der Waals surface area contributed by atoms with E-state index in [1.54, 1.807) is 6.07 Å². The highest BCUT2D eigenvalue weighted by Crippen LogP contribution is 2.21. The Morgan fingerprint density at radius 1 is 0.967 bits per heavy atom. The van der Waals surface area contributed by atoms with E-state index >= 15 is 0 Å². The van der Waals surface area contributed by atoms with Gasteiger partial charge in [0.1, 0.15) is 11.5 Å². The Bertz CT molecular complexity index is 1170. The van der Waals surface area contributed by atoms with Crippen molar-refractivity contribution >= 4 is 12.1 Å². The van der Waals surface area contributed by atoms with Crippen molar-refractivity contribution in [3.63, 3.8) is 0 Å². The summed E-state index contributed by atoms with van der Waals surface area (Å²) in [5, 5.41) is 8.72. The van der Waals surface area contributed by atoms with Crippen molar-refractivity contribution in [3.05, 3.63) is 114 Å². The second-order valence-corrected chi connectivity index (χ2v) is 6.66. The smallest absolute Gasteiger partial charge is 0.267 e.